The summed E-state index contributed by atoms with van der Waals surface area (Å²) in [7, 11) is 0. The average molecular weight is 401 g/mol. The number of carbonyl (C=O) groups excluding carboxylic acids is 1. The zero-order valence-corrected chi connectivity index (χ0v) is 15.2. The summed E-state index contributed by atoms with van der Waals surface area (Å²) >= 11 is 0. The van der Waals surface area contributed by atoms with Crippen LogP contribution in [0.15, 0.2) is 66.7 Å². The van der Waals surface area contributed by atoms with E-state index in [1.165, 1.54) is 18.2 Å². The summed E-state index contributed by atoms with van der Waals surface area (Å²) in [4.78, 5) is 23.9. The van der Waals surface area contributed by atoms with Crippen LogP contribution < -0.4 is 5.32 Å². The molecule has 0 fully saturated rings. The summed E-state index contributed by atoms with van der Waals surface area (Å²) in [5.74, 6) is -1.97. The molecule has 0 aliphatic carbocycles. The maximum Gasteiger partial charge on any atom is 0.416 e. The van der Waals surface area contributed by atoms with E-state index < -0.39 is 36.1 Å². The Kier molecular flexibility index (Phi) is 5.87. The van der Waals surface area contributed by atoms with Crippen molar-refractivity contribution >= 4 is 22.6 Å². The lowest BCUT2D eigenvalue weighted by molar-refractivity contribution is -0.142. The van der Waals surface area contributed by atoms with Gasteiger partial charge in [0.2, 0.25) is 5.91 Å². The number of benzene rings is 3. The van der Waals surface area contributed by atoms with Gasteiger partial charge in [0.25, 0.3) is 0 Å². The molecule has 4 nitrogen and oxygen atoms in total. The minimum absolute atomic E-state index is 0.0739. The number of nitrogens with one attached hydrogen (secondary N) is 1. The van der Waals surface area contributed by atoms with E-state index >= 15 is 0 Å². The highest BCUT2D eigenvalue weighted by Crippen LogP contribution is 2.32. The zero-order chi connectivity index (χ0) is 21.0. The van der Waals surface area contributed by atoms with E-state index in [1.807, 2.05) is 36.4 Å². The van der Waals surface area contributed by atoms with E-state index in [2.05, 4.69) is 5.32 Å². The fraction of sp³-hybridized carbons (Fsp3) is 0.182. The van der Waals surface area contributed by atoms with E-state index in [0.717, 1.165) is 16.8 Å². The maximum atomic E-state index is 13.1. The van der Waals surface area contributed by atoms with E-state index in [0.29, 0.717) is 5.56 Å². The van der Waals surface area contributed by atoms with Gasteiger partial charge in [-0.05, 0) is 28.0 Å². The van der Waals surface area contributed by atoms with Gasteiger partial charge in [-0.25, -0.2) is 4.79 Å². The number of halogens is 3. The van der Waals surface area contributed by atoms with Gasteiger partial charge in [-0.3, -0.25) is 4.79 Å². The number of rotatable bonds is 6. The van der Waals surface area contributed by atoms with Crippen LogP contribution in [0.2, 0.25) is 0 Å². The van der Waals surface area contributed by atoms with Gasteiger partial charge in [0.1, 0.15) is 6.04 Å². The zero-order valence-electron chi connectivity index (χ0n) is 15.2. The molecule has 0 radical (unpaired) electrons. The molecule has 1 atom stereocenters. The molecule has 0 bridgehead atoms. The molecule has 0 aliphatic heterocycles. The third-order valence-corrected chi connectivity index (χ3v) is 4.56. The van der Waals surface area contributed by atoms with Crippen LogP contribution in [-0.2, 0) is 28.6 Å². The summed E-state index contributed by atoms with van der Waals surface area (Å²) in [6, 6.07) is 16.3. The highest BCUT2D eigenvalue weighted by Gasteiger charge is 2.34. The first-order chi connectivity index (χ1) is 13.7. The number of fused-ring (bicyclic) bond motifs is 1. The van der Waals surface area contributed by atoms with E-state index in [1.54, 1.807) is 6.07 Å². The van der Waals surface area contributed by atoms with E-state index in [-0.39, 0.29) is 12.0 Å². The first-order valence-corrected chi connectivity index (χ1v) is 8.89. The van der Waals surface area contributed by atoms with E-state index in [9.17, 15) is 27.9 Å². The minimum atomic E-state index is -4.60. The highest BCUT2D eigenvalue weighted by atomic mass is 19.4. The molecule has 0 saturated carbocycles. The van der Waals surface area contributed by atoms with Crippen LogP contribution in [0.4, 0.5) is 13.2 Å². The fourth-order valence-corrected chi connectivity index (χ4v) is 3.17. The van der Waals surface area contributed by atoms with Crippen LogP contribution in [0, 0.1) is 0 Å². The number of aliphatic carboxylic acids is 1. The molecule has 0 aliphatic rings. The van der Waals surface area contributed by atoms with Gasteiger partial charge in [-0.2, -0.15) is 13.2 Å². The van der Waals surface area contributed by atoms with Crippen molar-refractivity contribution in [2.45, 2.75) is 25.1 Å². The van der Waals surface area contributed by atoms with Crippen molar-refractivity contribution < 1.29 is 27.9 Å². The van der Waals surface area contributed by atoms with Crippen molar-refractivity contribution in [2.75, 3.05) is 0 Å². The Labute approximate surface area is 165 Å². The van der Waals surface area contributed by atoms with Gasteiger partial charge in [0, 0.05) is 6.42 Å². The van der Waals surface area contributed by atoms with Gasteiger partial charge >= 0.3 is 12.1 Å². The second-order valence-electron chi connectivity index (χ2n) is 6.68. The third-order valence-electron chi connectivity index (χ3n) is 4.56. The number of alkyl halides is 3. The Morgan fingerprint density at radius 3 is 2.28 bits per heavy atom. The molecule has 0 saturated heterocycles. The molecule has 0 spiro atoms. The third kappa shape index (κ3) is 5.13. The van der Waals surface area contributed by atoms with Crippen molar-refractivity contribution in [3.63, 3.8) is 0 Å². The molecule has 3 aromatic rings. The monoisotopic (exact) mass is 401 g/mol. The smallest absolute Gasteiger partial charge is 0.416 e. The summed E-state index contributed by atoms with van der Waals surface area (Å²) in [6.45, 7) is 0. The van der Waals surface area contributed by atoms with Crippen molar-refractivity contribution in [3.05, 3.63) is 83.4 Å². The Morgan fingerprint density at radius 2 is 1.59 bits per heavy atom. The summed E-state index contributed by atoms with van der Waals surface area (Å²) in [6.07, 6.45) is -5.14. The molecule has 2 N–H and O–H groups in total. The predicted octanol–water partition coefficient (Wildman–Crippen LogP) is 4.21. The minimum Gasteiger partial charge on any atom is -0.480 e. The van der Waals surface area contributed by atoms with Gasteiger partial charge in [0.05, 0.1) is 12.0 Å². The topological polar surface area (TPSA) is 66.4 Å². The van der Waals surface area contributed by atoms with Crippen LogP contribution >= 0.6 is 0 Å². The number of carboxylic acid groups (broad SMARTS) is 1. The van der Waals surface area contributed by atoms with Crippen LogP contribution in [0.1, 0.15) is 16.7 Å². The quantitative estimate of drug-likeness (QED) is 0.650. The number of carboxylic acids is 1. The molecule has 3 rings (SSSR count). The van der Waals surface area contributed by atoms with Crippen molar-refractivity contribution in [3.8, 4) is 0 Å². The second-order valence-corrected chi connectivity index (χ2v) is 6.68. The van der Waals surface area contributed by atoms with Crippen molar-refractivity contribution in [1.29, 1.82) is 0 Å². The lowest BCUT2D eigenvalue weighted by atomic mass is 9.99. The Hall–Kier alpha value is -3.35. The molecule has 3 aromatic carbocycles. The predicted molar refractivity (Wildman–Crippen MR) is 102 cm³/mol. The Morgan fingerprint density at radius 1 is 0.931 bits per heavy atom. The summed E-state index contributed by atoms with van der Waals surface area (Å²) in [5.41, 5.74) is -0.408. The van der Waals surface area contributed by atoms with Gasteiger partial charge in [-0.15, -0.1) is 0 Å². The maximum absolute atomic E-state index is 13.1. The Balaban J connectivity index is 1.73. The van der Waals surface area contributed by atoms with Gasteiger partial charge < -0.3 is 10.4 Å². The molecular weight excluding hydrogens is 383 g/mol. The van der Waals surface area contributed by atoms with Gasteiger partial charge in [0.15, 0.2) is 0 Å². The first kappa shape index (κ1) is 20.4. The van der Waals surface area contributed by atoms with Crippen LogP contribution in [0.5, 0.6) is 0 Å². The molecule has 29 heavy (non-hydrogen) atoms. The summed E-state index contributed by atoms with van der Waals surface area (Å²) in [5, 5.41) is 13.7. The first-order valence-electron chi connectivity index (χ1n) is 8.89. The molecule has 7 heteroatoms. The summed E-state index contributed by atoms with van der Waals surface area (Å²) < 4.78 is 39.4. The standard InChI is InChI=1S/C22H18F3NO3/c23-22(24,25)18-8-4-3-7-17(18)13-19(21(28)29)26-20(27)12-14-9-10-15-5-1-2-6-16(15)11-14/h1-11,19H,12-13H2,(H,26,27)(H,28,29)/t19-/m1/s1. The highest BCUT2D eigenvalue weighted by molar-refractivity contribution is 5.87. The molecule has 0 heterocycles. The van der Waals surface area contributed by atoms with Crippen LogP contribution in [0.25, 0.3) is 10.8 Å². The van der Waals surface area contributed by atoms with Crippen LogP contribution in [-0.4, -0.2) is 23.0 Å². The molecule has 0 unspecified atom stereocenters. The number of amides is 1. The normalized spacial score (nSPS) is 12.5. The Bertz CT molecular complexity index is 1050. The molecule has 0 aromatic heterocycles. The largest absolute Gasteiger partial charge is 0.480 e. The number of hydrogen-bond acceptors (Lipinski definition) is 2. The van der Waals surface area contributed by atoms with Crippen molar-refractivity contribution in [2.24, 2.45) is 0 Å². The molecule has 150 valence electrons. The lowest BCUT2D eigenvalue weighted by Gasteiger charge is -2.18. The average Bonchev–Trinajstić information content (AvgIpc) is 2.67. The number of hydrogen-bond donors (Lipinski definition) is 2. The fourth-order valence-electron chi connectivity index (χ4n) is 3.17. The van der Waals surface area contributed by atoms with Crippen molar-refractivity contribution in [1.82, 2.24) is 5.32 Å². The lowest BCUT2D eigenvalue weighted by Crippen LogP contribution is -2.43. The van der Waals surface area contributed by atoms with Crippen LogP contribution in [0.3, 0.4) is 0 Å². The van der Waals surface area contributed by atoms with Gasteiger partial charge in [-0.1, -0.05) is 60.7 Å². The second kappa shape index (κ2) is 8.34. The molecule has 1 amide bonds. The van der Waals surface area contributed by atoms with E-state index in [4.69, 9.17) is 0 Å². The number of carbonyl (C=O) groups is 2. The molecular formula is C22H18F3NO3. The SMILES string of the molecule is O=C(Cc1ccc2ccccc2c1)N[C@H](Cc1ccccc1C(F)(F)F)C(=O)O.